The Morgan fingerprint density at radius 2 is 1.83 bits per heavy atom. The molecule has 8 nitrogen and oxygen atoms in total. The molecule has 0 fully saturated rings. The third-order valence-corrected chi connectivity index (χ3v) is 5.08. The largest absolute Gasteiger partial charge is 0.497 e. The number of benzene rings is 2. The van der Waals surface area contributed by atoms with Gasteiger partial charge in [-0.05, 0) is 48.9 Å². The lowest BCUT2D eigenvalue weighted by molar-refractivity contribution is -0.120. The number of hydrogen-bond donors (Lipinski definition) is 2. The normalized spacial score (nSPS) is 15.3. The number of methoxy groups -OCH3 is 1. The van der Waals surface area contributed by atoms with Crippen molar-refractivity contribution < 1.29 is 19.1 Å². The van der Waals surface area contributed by atoms with Gasteiger partial charge in [-0.3, -0.25) is 9.59 Å². The second-order valence-electron chi connectivity index (χ2n) is 7.09. The molecule has 4 rings (SSSR count). The van der Waals surface area contributed by atoms with E-state index in [9.17, 15) is 9.59 Å². The van der Waals surface area contributed by atoms with Crippen LogP contribution in [-0.2, 0) is 9.59 Å². The van der Waals surface area contributed by atoms with Crippen LogP contribution in [0.3, 0.4) is 0 Å². The summed E-state index contributed by atoms with van der Waals surface area (Å²) in [5, 5.41) is 7.65. The Balaban J connectivity index is 1.69. The summed E-state index contributed by atoms with van der Waals surface area (Å²) in [6.07, 6.45) is 0.323. The Labute approximate surface area is 173 Å². The summed E-state index contributed by atoms with van der Waals surface area (Å²) in [4.78, 5) is 23.4. The number of aryl methyl sites for hydroxylation is 1. The predicted octanol–water partition coefficient (Wildman–Crippen LogP) is 2.53. The van der Waals surface area contributed by atoms with Crippen LogP contribution in [0.2, 0.25) is 0 Å². The van der Waals surface area contributed by atoms with Crippen molar-refractivity contribution in [2.24, 2.45) is 5.73 Å². The molecule has 30 heavy (non-hydrogen) atoms. The van der Waals surface area contributed by atoms with Gasteiger partial charge in [-0.15, -0.1) is 0 Å². The lowest BCUT2D eigenvalue weighted by Crippen LogP contribution is -2.25. The van der Waals surface area contributed by atoms with Gasteiger partial charge < -0.3 is 20.5 Å². The number of ether oxygens (including phenoxy) is 2. The number of nitrogens with two attached hydrogens (primary N) is 1. The van der Waals surface area contributed by atoms with E-state index in [1.54, 1.807) is 23.9 Å². The zero-order chi connectivity index (χ0) is 21.3. The fraction of sp³-hybridized carbons (Fsp3) is 0.227. The summed E-state index contributed by atoms with van der Waals surface area (Å²) >= 11 is 0. The fourth-order valence-electron chi connectivity index (χ4n) is 3.69. The minimum Gasteiger partial charge on any atom is -0.497 e. The highest BCUT2D eigenvalue weighted by atomic mass is 16.5. The quantitative estimate of drug-likeness (QED) is 0.654. The van der Waals surface area contributed by atoms with E-state index in [0.717, 1.165) is 28.3 Å². The van der Waals surface area contributed by atoms with Gasteiger partial charge in [0.25, 0.3) is 5.91 Å². The van der Waals surface area contributed by atoms with Crippen molar-refractivity contribution >= 4 is 17.6 Å². The molecule has 154 valence electrons. The second-order valence-corrected chi connectivity index (χ2v) is 7.09. The van der Waals surface area contributed by atoms with Crippen molar-refractivity contribution in [2.45, 2.75) is 19.3 Å². The van der Waals surface area contributed by atoms with E-state index in [0.29, 0.717) is 18.0 Å². The van der Waals surface area contributed by atoms with Crippen molar-refractivity contribution in [3.8, 4) is 17.2 Å². The van der Waals surface area contributed by atoms with Crippen molar-refractivity contribution in [2.75, 3.05) is 19.0 Å². The maximum atomic E-state index is 12.5. The van der Waals surface area contributed by atoms with E-state index in [-0.39, 0.29) is 18.4 Å². The Hall–Kier alpha value is -3.81. The van der Waals surface area contributed by atoms with Crippen molar-refractivity contribution in [1.29, 1.82) is 0 Å². The first-order valence-electron chi connectivity index (χ1n) is 9.51. The van der Waals surface area contributed by atoms with Crippen LogP contribution in [-0.4, -0.2) is 35.3 Å². The molecule has 2 amide bonds. The standard InChI is InChI=1S/C22H22N4O4/c1-13-21-18(14-3-7-17(8-4-14)30-12-19(23)27)11-20(28)24-22(21)26(25-13)15-5-9-16(29-2)10-6-15/h3-10,18H,11-12H2,1-2H3,(H2,23,27)(H,24,28)/t18-/m1/s1. The third-order valence-electron chi connectivity index (χ3n) is 5.08. The minimum atomic E-state index is -0.533. The Bertz CT molecular complexity index is 1090. The number of fused-ring (bicyclic) bond motifs is 1. The molecule has 0 spiro atoms. The summed E-state index contributed by atoms with van der Waals surface area (Å²) < 4.78 is 12.3. The number of anilines is 1. The molecule has 2 heterocycles. The number of nitrogens with zero attached hydrogens (tertiary/aromatic N) is 2. The topological polar surface area (TPSA) is 108 Å². The summed E-state index contributed by atoms with van der Waals surface area (Å²) in [5.41, 5.74) is 8.74. The highest BCUT2D eigenvalue weighted by Crippen LogP contribution is 2.40. The van der Waals surface area contributed by atoms with Gasteiger partial charge in [-0.2, -0.15) is 5.10 Å². The Morgan fingerprint density at radius 3 is 2.47 bits per heavy atom. The van der Waals surface area contributed by atoms with Crippen LogP contribution in [0.25, 0.3) is 5.69 Å². The Kier molecular flexibility index (Phi) is 5.14. The number of carbonyl (C=O) groups excluding carboxylic acids is 2. The SMILES string of the molecule is COc1ccc(-n2nc(C)c3c2NC(=O)C[C@@H]3c2ccc(OCC(N)=O)cc2)cc1. The molecule has 2 aromatic carbocycles. The van der Waals surface area contributed by atoms with Crippen LogP contribution in [0.4, 0.5) is 5.82 Å². The van der Waals surface area contributed by atoms with E-state index in [2.05, 4.69) is 10.4 Å². The van der Waals surface area contributed by atoms with Crippen LogP contribution >= 0.6 is 0 Å². The smallest absolute Gasteiger partial charge is 0.255 e. The minimum absolute atomic E-state index is 0.0729. The number of nitrogens with one attached hydrogen (secondary N) is 1. The highest BCUT2D eigenvalue weighted by Gasteiger charge is 2.32. The molecule has 0 unspecified atom stereocenters. The molecule has 0 saturated heterocycles. The van der Waals surface area contributed by atoms with Gasteiger partial charge in [0.15, 0.2) is 6.61 Å². The van der Waals surface area contributed by atoms with E-state index in [1.807, 2.05) is 43.3 Å². The average molecular weight is 406 g/mol. The van der Waals surface area contributed by atoms with E-state index >= 15 is 0 Å². The maximum Gasteiger partial charge on any atom is 0.255 e. The van der Waals surface area contributed by atoms with Crippen LogP contribution < -0.4 is 20.5 Å². The van der Waals surface area contributed by atoms with Crippen molar-refractivity contribution in [3.05, 3.63) is 65.4 Å². The molecular weight excluding hydrogens is 384 g/mol. The van der Waals surface area contributed by atoms with Gasteiger partial charge in [0.05, 0.1) is 18.5 Å². The monoisotopic (exact) mass is 406 g/mol. The van der Waals surface area contributed by atoms with Crippen molar-refractivity contribution in [1.82, 2.24) is 9.78 Å². The number of carbonyl (C=O) groups is 2. The molecule has 8 heteroatoms. The third kappa shape index (κ3) is 3.71. The van der Waals surface area contributed by atoms with E-state index in [1.165, 1.54) is 0 Å². The van der Waals surface area contributed by atoms with Gasteiger partial charge in [0, 0.05) is 17.9 Å². The first-order valence-corrected chi connectivity index (χ1v) is 9.51. The maximum absolute atomic E-state index is 12.5. The first-order chi connectivity index (χ1) is 14.5. The first kappa shape index (κ1) is 19.5. The van der Waals surface area contributed by atoms with Gasteiger partial charge >= 0.3 is 0 Å². The fourth-order valence-corrected chi connectivity index (χ4v) is 3.69. The molecule has 1 atom stereocenters. The zero-order valence-electron chi connectivity index (χ0n) is 16.7. The van der Waals surface area contributed by atoms with Gasteiger partial charge in [0.2, 0.25) is 5.91 Å². The summed E-state index contributed by atoms with van der Waals surface area (Å²) in [7, 11) is 1.62. The molecule has 1 aliphatic heterocycles. The van der Waals surface area contributed by atoms with Crippen LogP contribution in [0.5, 0.6) is 11.5 Å². The molecule has 0 aliphatic carbocycles. The molecule has 0 saturated carbocycles. The molecule has 1 aliphatic rings. The number of rotatable bonds is 6. The summed E-state index contributed by atoms with van der Waals surface area (Å²) in [6, 6.07) is 14.8. The van der Waals surface area contributed by atoms with Crippen LogP contribution in [0.15, 0.2) is 48.5 Å². The number of amides is 2. The molecule has 1 aromatic heterocycles. The lowest BCUT2D eigenvalue weighted by Gasteiger charge is -2.24. The molecule has 0 radical (unpaired) electrons. The van der Waals surface area contributed by atoms with Crippen molar-refractivity contribution in [3.63, 3.8) is 0 Å². The Morgan fingerprint density at radius 1 is 1.17 bits per heavy atom. The average Bonchev–Trinajstić information content (AvgIpc) is 3.08. The van der Waals surface area contributed by atoms with Gasteiger partial charge in [-0.25, -0.2) is 4.68 Å². The summed E-state index contributed by atoms with van der Waals surface area (Å²) in [6.45, 7) is 1.76. The predicted molar refractivity (Wildman–Crippen MR) is 111 cm³/mol. The number of primary amides is 1. The zero-order valence-corrected chi connectivity index (χ0v) is 16.7. The van der Waals surface area contributed by atoms with Gasteiger partial charge in [-0.1, -0.05) is 12.1 Å². The molecule has 3 aromatic rings. The second kappa shape index (κ2) is 7.90. The van der Waals surface area contributed by atoms with E-state index in [4.69, 9.17) is 15.2 Å². The lowest BCUT2D eigenvalue weighted by atomic mass is 9.86. The summed E-state index contributed by atoms with van der Waals surface area (Å²) in [5.74, 6) is 1.23. The van der Waals surface area contributed by atoms with Crippen LogP contribution in [0.1, 0.15) is 29.2 Å². The number of hydrogen-bond acceptors (Lipinski definition) is 5. The molecule has 3 N–H and O–H groups in total. The highest BCUT2D eigenvalue weighted by molar-refractivity contribution is 5.95. The van der Waals surface area contributed by atoms with Gasteiger partial charge in [0.1, 0.15) is 17.3 Å². The van der Waals surface area contributed by atoms with E-state index < -0.39 is 5.91 Å². The molecule has 0 bridgehead atoms. The molecular formula is C22H22N4O4. The van der Waals surface area contributed by atoms with Crippen LogP contribution in [0, 0.1) is 6.92 Å². The number of aromatic nitrogens is 2.